The van der Waals surface area contributed by atoms with E-state index in [2.05, 4.69) is 23.3 Å². The summed E-state index contributed by atoms with van der Waals surface area (Å²) in [5, 5.41) is 0. The van der Waals surface area contributed by atoms with Crippen molar-refractivity contribution in [2.75, 3.05) is 13.2 Å². The number of hydrogen-bond donors (Lipinski definition) is 0. The van der Waals surface area contributed by atoms with E-state index in [1.54, 1.807) is 6.92 Å². The minimum Gasteiger partial charge on any atom is -0.491 e. The molecule has 150 valence electrons. The molecule has 3 aromatic rings. The molecule has 1 amide bonds. The number of ether oxygens (including phenoxy) is 1. The highest BCUT2D eigenvalue weighted by molar-refractivity contribution is 5.77. The van der Waals surface area contributed by atoms with Gasteiger partial charge in [0.25, 0.3) is 0 Å². The number of allylic oxidation sites excluding steroid dienone is 1. The van der Waals surface area contributed by atoms with Gasteiger partial charge in [0, 0.05) is 13.5 Å². The Bertz CT molecular complexity index is 1020. The molecule has 1 aliphatic rings. The van der Waals surface area contributed by atoms with Crippen molar-refractivity contribution in [1.82, 2.24) is 14.5 Å². The SMILES string of the molecule is C=CCc1ccccc1OCCn1c([C@@H]2CCCN2C(C)=O)nc2ccccc21. The van der Waals surface area contributed by atoms with Crippen LogP contribution in [-0.2, 0) is 17.8 Å². The van der Waals surface area contributed by atoms with Crippen molar-refractivity contribution >= 4 is 16.9 Å². The molecular formula is C24H27N3O2. The fourth-order valence-electron chi connectivity index (χ4n) is 4.21. The smallest absolute Gasteiger partial charge is 0.220 e. The van der Waals surface area contributed by atoms with Gasteiger partial charge < -0.3 is 14.2 Å². The van der Waals surface area contributed by atoms with Crippen LogP contribution in [0.3, 0.4) is 0 Å². The van der Waals surface area contributed by atoms with Gasteiger partial charge in [0.15, 0.2) is 0 Å². The van der Waals surface area contributed by atoms with Gasteiger partial charge in [0.05, 0.1) is 23.6 Å². The average molecular weight is 389 g/mol. The van der Waals surface area contributed by atoms with E-state index in [1.807, 2.05) is 47.4 Å². The summed E-state index contributed by atoms with van der Waals surface area (Å²) in [5.41, 5.74) is 3.18. The van der Waals surface area contributed by atoms with Gasteiger partial charge in [-0.05, 0) is 43.0 Å². The molecule has 2 aromatic carbocycles. The maximum absolute atomic E-state index is 12.1. The number of fused-ring (bicyclic) bond motifs is 1. The van der Waals surface area contributed by atoms with Gasteiger partial charge in [-0.25, -0.2) is 4.98 Å². The van der Waals surface area contributed by atoms with Gasteiger partial charge in [-0.15, -0.1) is 6.58 Å². The molecule has 0 aliphatic carbocycles. The standard InChI is InChI=1S/C24H27N3O2/c1-3-9-19-10-4-7-14-23(19)29-17-16-27-21-12-6-5-11-20(21)25-24(27)22-13-8-15-26(22)18(2)28/h3-7,10-12,14,22H,1,8-9,13,15-17H2,2H3/t22-/m0/s1. The number of rotatable bonds is 7. The zero-order valence-corrected chi connectivity index (χ0v) is 16.9. The Labute approximate surface area is 171 Å². The molecular weight excluding hydrogens is 362 g/mol. The highest BCUT2D eigenvalue weighted by atomic mass is 16.5. The van der Waals surface area contributed by atoms with E-state index in [1.165, 1.54) is 0 Å². The van der Waals surface area contributed by atoms with Crippen LogP contribution in [0.2, 0.25) is 0 Å². The van der Waals surface area contributed by atoms with E-state index in [0.717, 1.165) is 54.0 Å². The van der Waals surface area contributed by atoms with Crippen LogP contribution in [0.5, 0.6) is 5.75 Å². The number of benzene rings is 2. The van der Waals surface area contributed by atoms with Gasteiger partial charge in [-0.3, -0.25) is 4.79 Å². The third-order valence-corrected chi connectivity index (χ3v) is 5.55. The fourth-order valence-corrected chi connectivity index (χ4v) is 4.21. The third-order valence-electron chi connectivity index (χ3n) is 5.55. The van der Waals surface area contributed by atoms with Crippen LogP contribution in [0.4, 0.5) is 0 Å². The van der Waals surface area contributed by atoms with E-state index in [4.69, 9.17) is 9.72 Å². The zero-order chi connectivity index (χ0) is 20.2. The Balaban J connectivity index is 1.60. The Hall–Kier alpha value is -3.08. The summed E-state index contributed by atoms with van der Waals surface area (Å²) in [7, 11) is 0. The van der Waals surface area contributed by atoms with Gasteiger partial charge in [0.1, 0.15) is 18.2 Å². The summed E-state index contributed by atoms with van der Waals surface area (Å²) in [6, 6.07) is 16.3. The Morgan fingerprint density at radius 1 is 1.24 bits per heavy atom. The van der Waals surface area contributed by atoms with Gasteiger partial charge in [-0.2, -0.15) is 0 Å². The number of hydrogen-bond acceptors (Lipinski definition) is 3. The molecule has 1 atom stereocenters. The number of para-hydroxylation sites is 3. The van der Waals surface area contributed by atoms with Crippen LogP contribution in [0, 0.1) is 0 Å². The van der Waals surface area contributed by atoms with Gasteiger partial charge in [0.2, 0.25) is 5.91 Å². The first-order valence-corrected chi connectivity index (χ1v) is 10.2. The van der Waals surface area contributed by atoms with E-state index < -0.39 is 0 Å². The molecule has 5 nitrogen and oxygen atoms in total. The Kier molecular flexibility index (Phi) is 5.65. The average Bonchev–Trinajstić information content (AvgIpc) is 3.34. The molecule has 2 heterocycles. The van der Waals surface area contributed by atoms with Crippen LogP contribution in [-0.4, -0.2) is 33.5 Å². The molecule has 0 N–H and O–H groups in total. The van der Waals surface area contributed by atoms with E-state index in [0.29, 0.717) is 13.2 Å². The molecule has 0 bridgehead atoms. The molecule has 0 saturated carbocycles. The van der Waals surface area contributed by atoms with E-state index in [-0.39, 0.29) is 11.9 Å². The van der Waals surface area contributed by atoms with Crippen molar-refractivity contribution in [1.29, 1.82) is 0 Å². The van der Waals surface area contributed by atoms with E-state index >= 15 is 0 Å². The maximum atomic E-state index is 12.1. The summed E-state index contributed by atoms with van der Waals surface area (Å²) in [6.07, 6.45) is 4.63. The molecule has 29 heavy (non-hydrogen) atoms. The van der Waals surface area contributed by atoms with Crippen LogP contribution < -0.4 is 4.74 Å². The lowest BCUT2D eigenvalue weighted by Crippen LogP contribution is -2.30. The molecule has 5 heteroatoms. The molecule has 4 rings (SSSR count). The van der Waals surface area contributed by atoms with Crippen molar-refractivity contribution in [3.05, 3.63) is 72.6 Å². The topological polar surface area (TPSA) is 47.4 Å². The van der Waals surface area contributed by atoms with Crippen molar-refractivity contribution in [2.45, 2.75) is 38.8 Å². The Morgan fingerprint density at radius 3 is 2.86 bits per heavy atom. The lowest BCUT2D eigenvalue weighted by atomic mass is 10.1. The Morgan fingerprint density at radius 2 is 2.03 bits per heavy atom. The summed E-state index contributed by atoms with van der Waals surface area (Å²) in [6.45, 7) is 7.49. The highest BCUT2D eigenvalue weighted by Crippen LogP contribution is 2.33. The lowest BCUT2D eigenvalue weighted by molar-refractivity contribution is -0.129. The van der Waals surface area contributed by atoms with Crippen LogP contribution in [0.25, 0.3) is 11.0 Å². The predicted octanol–water partition coefficient (Wildman–Crippen LogP) is 4.53. The van der Waals surface area contributed by atoms with Crippen molar-refractivity contribution in [2.24, 2.45) is 0 Å². The molecule has 1 saturated heterocycles. The monoisotopic (exact) mass is 389 g/mol. The van der Waals surface area contributed by atoms with Crippen LogP contribution >= 0.6 is 0 Å². The highest BCUT2D eigenvalue weighted by Gasteiger charge is 2.32. The molecule has 1 aliphatic heterocycles. The summed E-state index contributed by atoms with van der Waals surface area (Å²) in [4.78, 5) is 19.0. The van der Waals surface area contributed by atoms with Gasteiger partial charge >= 0.3 is 0 Å². The summed E-state index contributed by atoms with van der Waals surface area (Å²) >= 11 is 0. The lowest BCUT2D eigenvalue weighted by Gasteiger charge is -2.24. The minimum atomic E-state index is 0.0351. The molecule has 1 fully saturated rings. The third kappa shape index (κ3) is 3.90. The fraction of sp³-hybridized carbons (Fsp3) is 0.333. The predicted molar refractivity (Wildman–Crippen MR) is 115 cm³/mol. The van der Waals surface area contributed by atoms with Crippen molar-refractivity contribution in [3.63, 3.8) is 0 Å². The largest absolute Gasteiger partial charge is 0.491 e. The number of amides is 1. The maximum Gasteiger partial charge on any atom is 0.220 e. The number of aromatic nitrogens is 2. The first-order chi connectivity index (χ1) is 14.2. The molecule has 0 spiro atoms. The number of carbonyl (C=O) groups is 1. The summed E-state index contributed by atoms with van der Waals surface area (Å²) in [5.74, 6) is 1.96. The second-order valence-corrected chi connectivity index (χ2v) is 7.43. The quantitative estimate of drug-likeness (QED) is 0.558. The zero-order valence-electron chi connectivity index (χ0n) is 16.9. The number of likely N-dealkylation sites (tertiary alicyclic amines) is 1. The van der Waals surface area contributed by atoms with Crippen molar-refractivity contribution in [3.8, 4) is 5.75 Å². The molecule has 0 radical (unpaired) electrons. The number of nitrogens with zero attached hydrogens (tertiary/aromatic N) is 3. The minimum absolute atomic E-state index is 0.0351. The number of carbonyl (C=O) groups excluding carboxylic acids is 1. The molecule has 1 aromatic heterocycles. The first kappa shape index (κ1) is 19.2. The summed E-state index contributed by atoms with van der Waals surface area (Å²) < 4.78 is 8.35. The van der Waals surface area contributed by atoms with Crippen LogP contribution in [0.1, 0.15) is 37.2 Å². The second kappa shape index (κ2) is 8.52. The normalized spacial score (nSPS) is 16.3. The van der Waals surface area contributed by atoms with E-state index in [9.17, 15) is 4.79 Å². The van der Waals surface area contributed by atoms with Gasteiger partial charge in [-0.1, -0.05) is 36.4 Å². The number of imidazole rings is 1. The molecule has 0 unspecified atom stereocenters. The first-order valence-electron chi connectivity index (χ1n) is 10.2. The van der Waals surface area contributed by atoms with Crippen molar-refractivity contribution < 1.29 is 9.53 Å². The van der Waals surface area contributed by atoms with Crippen LogP contribution in [0.15, 0.2) is 61.2 Å². The second-order valence-electron chi connectivity index (χ2n) is 7.43.